The van der Waals surface area contributed by atoms with E-state index >= 15 is 0 Å². The summed E-state index contributed by atoms with van der Waals surface area (Å²) < 4.78 is 27.4. The maximum Gasteiger partial charge on any atom is 0.329 e. The Morgan fingerprint density at radius 2 is 1.70 bits per heavy atom. The minimum Gasteiger partial charge on any atom is -0.391 e. The number of nitrogens with zero attached hydrogens (tertiary/aromatic N) is 1. The van der Waals surface area contributed by atoms with Crippen LogP contribution in [-0.2, 0) is 10.2 Å². The van der Waals surface area contributed by atoms with Gasteiger partial charge in [0, 0.05) is 13.1 Å². The summed E-state index contributed by atoms with van der Waals surface area (Å²) in [5.41, 5.74) is 0. The van der Waals surface area contributed by atoms with Crippen LogP contribution in [0.15, 0.2) is 0 Å². The van der Waals surface area contributed by atoms with Gasteiger partial charge in [0.2, 0.25) is 0 Å². The molecule has 0 spiro atoms. The number of carbonyl (C=O) groups is 1. The van der Waals surface area contributed by atoms with Crippen LogP contribution >= 0.6 is 0 Å². The van der Waals surface area contributed by atoms with Crippen molar-refractivity contribution < 1.29 is 18.3 Å². The van der Waals surface area contributed by atoms with Crippen molar-refractivity contribution in [1.82, 2.24) is 14.3 Å². The second-order valence-corrected chi connectivity index (χ2v) is 7.17. The zero-order valence-corrected chi connectivity index (χ0v) is 12.4. The van der Waals surface area contributed by atoms with E-state index in [9.17, 15) is 18.3 Å². The summed E-state index contributed by atoms with van der Waals surface area (Å²) in [6.07, 6.45) is 5.27. The first-order valence-corrected chi connectivity index (χ1v) is 8.69. The molecule has 1 aliphatic heterocycles. The van der Waals surface area contributed by atoms with Crippen LogP contribution in [0.1, 0.15) is 44.9 Å². The molecule has 2 atom stereocenters. The third-order valence-corrected chi connectivity index (χ3v) is 5.41. The lowest BCUT2D eigenvalue weighted by Gasteiger charge is -2.29. The largest absolute Gasteiger partial charge is 0.391 e. The maximum atomic E-state index is 12.0. The first-order valence-electron chi connectivity index (χ1n) is 7.25. The smallest absolute Gasteiger partial charge is 0.329 e. The molecular weight excluding hydrogens is 282 g/mol. The number of carbonyl (C=O) groups excluding carboxylic acids is 1. The van der Waals surface area contributed by atoms with Crippen molar-refractivity contribution in [3.05, 3.63) is 0 Å². The fraction of sp³-hybridized carbons (Fsp3) is 0.917. The van der Waals surface area contributed by atoms with Crippen LogP contribution < -0.4 is 10.0 Å². The minimum absolute atomic E-state index is 0.361. The SMILES string of the molecule is O=C(N[C@@H]1CCCC[C@@H]1O)NS(=O)(=O)N1CCCCC1. The number of rotatable bonds is 3. The average molecular weight is 305 g/mol. The summed E-state index contributed by atoms with van der Waals surface area (Å²) in [6, 6.07) is -1.11. The van der Waals surface area contributed by atoms with E-state index in [1.165, 1.54) is 4.31 Å². The molecule has 1 heterocycles. The Morgan fingerprint density at radius 3 is 2.35 bits per heavy atom. The number of aliphatic hydroxyl groups is 1. The normalized spacial score (nSPS) is 28.9. The Labute approximate surface area is 119 Å². The standard InChI is InChI=1S/C12H23N3O4S/c16-11-7-3-2-6-10(11)13-12(17)14-20(18,19)15-8-4-1-5-9-15/h10-11,16H,1-9H2,(H2,13,14,17)/t10-,11+/m1/s1. The molecule has 0 aromatic rings. The molecule has 1 saturated carbocycles. The van der Waals surface area contributed by atoms with Gasteiger partial charge in [-0.25, -0.2) is 9.52 Å². The molecule has 1 aliphatic carbocycles. The van der Waals surface area contributed by atoms with E-state index in [-0.39, 0.29) is 6.04 Å². The third kappa shape index (κ3) is 4.07. The summed E-state index contributed by atoms with van der Waals surface area (Å²) >= 11 is 0. The lowest BCUT2D eigenvalue weighted by atomic mass is 9.93. The van der Waals surface area contributed by atoms with Crippen molar-refractivity contribution >= 4 is 16.2 Å². The van der Waals surface area contributed by atoms with Gasteiger partial charge in [-0.2, -0.15) is 12.7 Å². The topological polar surface area (TPSA) is 98.7 Å². The second kappa shape index (κ2) is 6.73. The number of aliphatic hydroxyl groups excluding tert-OH is 1. The van der Waals surface area contributed by atoms with Crippen LogP contribution in [0.2, 0.25) is 0 Å². The van der Waals surface area contributed by atoms with Crippen LogP contribution in [0.3, 0.4) is 0 Å². The van der Waals surface area contributed by atoms with Crippen LogP contribution in [0, 0.1) is 0 Å². The third-order valence-electron chi connectivity index (χ3n) is 3.92. The van der Waals surface area contributed by atoms with Crippen LogP contribution in [0.4, 0.5) is 4.79 Å². The molecule has 116 valence electrons. The van der Waals surface area contributed by atoms with Crippen LogP contribution in [0.5, 0.6) is 0 Å². The van der Waals surface area contributed by atoms with Crippen molar-refractivity contribution in [2.45, 2.75) is 57.1 Å². The summed E-state index contributed by atoms with van der Waals surface area (Å²) in [5, 5.41) is 12.3. The summed E-state index contributed by atoms with van der Waals surface area (Å²) in [4.78, 5) is 11.8. The summed E-state index contributed by atoms with van der Waals surface area (Å²) in [6.45, 7) is 0.906. The number of piperidine rings is 1. The van der Waals surface area contributed by atoms with Gasteiger partial charge in [0.1, 0.15) is 0 Å². The quantitative estimate of drug-likeness (QED) is 0.699. The average Bonchev–Trinajstić information content (AvgIpc) is 2.42. The van der Waals surface area contributed by atoms with E-state index in [2.05, 4.69) is 5.32 Å². The predicted molar refractivity (Wildman–Crippen MR) is 74.3 cm³/mol. The first-order chi connectivity index (χ1) is 9.49. The highest BCUT2D eigenvalue weighted by molar-refractivity contribution is 7.87. The molecule has 0 aromatic heterocycles. The van der Waals surface area contributed by atoms with E-state index in [0.717, 1.165) is 32.1 Å². The lowest BCUT2D eigenvalue weighted by Crippen LogP contribution is -2.53. The van der Waals surface area contributed by atoms with Crippen LogP contribution in [0.25, 0.3) is 0 Å². The Hall–Kier alpha value is -0.860. The molecule has 2 aliphatic rings. The zero-order chi connectivity index (χ0) is 14.6. The van der Waals surface area contributed by atoms with Gasteiger partial charge >= 0.3 is 16.2 Å². The van der Waals surface area contributed by atoms with Crippen molar-refractivity contribution in [1.29, 1.82) is 0 Å². The van der Waals surface area contributed by atoms with Crippen molar-refractivity contribution in [3.63, 3.8) is 0 Å². The van der Waals surface area contributed by atoms with Gasteiger partial charge in [0.05, 0.1) is 12.1 Å². The molecule has 20 heavy (non-hydrogen) atoms. The minimum atomic E-state index is -3.76. The van der Waals surface area contributed by atoms with E-state index in [0.29, 0.717) is 25.9 Å². The van der Waals surface area contributed by atoms with Gasteiger partial charge in [-0.05, 0) is 25.7 Å². The highest BCUT2D eigenvalue weighted by Gasteiger charge is 2.29. The molecule has 3 N–H and O–H groups in total. The summed E-state index contributed by atoms with van der Waals surface area (Å²) in [7, 11) is -3.76. The van der Waals surface area contributed by atoms with Gasteiger partial charge in [0.15, 0.2) is 0 Å². The Kier molecular flexibility index (Phi) is 5.22. The zero-order valence-electron chi connectivity index (χ0n) is 11.5. The number of hydrogen-bond donors (Lipinski definition) is 3. The predicted octanol–water partition coefficient (Wildman–Crippen LogP) is 0.320. The summed E-state index contributed by atoms with van der Waals surface area (Å²) in [5.74, 6) is 0. The molecule has 0 aromatic carbocycles. The molecule has 7 nitrogen and oxygen atoms in total. The molecule has 2 amide bonds. The molecule has 0 bridgehead atoms. The Bertz CT molecular complexity index is 434. The number of hydrogen-bond acceptors (Lipinski definition) is 4. The van der Waals surface area contributed by atoms with Gasteiger partial charge in [-0.3, -0.25) is 0 Å². The molecule has 8 heteroatoms. The molecule has 0 unspecified atom stereocenters. The maximum absolute atomic E-state index is 12.0. The van der Waals surface area contributed by atoms with E-state index in [1.807, 2.05) is 4.72 Å². The first kappa shape index (κ1) is 15.5. The van der Waals surface area contributed by atoms with Gasteiger partial charge < -0.3 is 10.4 Å². The molecule has 2 rings (SSSR count). The molecule has 0 radical (unpaired) electrons. The monoisotopic (exact) mass is 305 g/mol. The highest BCUT2D eigenvalue weighted by atomic mass is 32.2. The fourth-order valence-corrected chi connectivity index (χ4v) is 3.93. The Balaban J connectivity index is 1.86. The highest BCUT2D eigenvalue weighted by Crippen LogP contribution is 2.18. The van der Waals surface area contributed by atoms with Crippen molar-refractivity contribution in [2.75, 3.05) is 13.1 Å². The van der Waals surface area contributed by atoms with E-state index < -0.39 is 22.3 Å². The lowest BCUT2D eigenvalue weighted by molar-refractivity contribution is 0.0948. The molecule has 2 fully saturated rings. The number of nitrogens with one attached hydrogen (secondary N) is 2. The van der Waals surface area contributed by atoms with Crippen molar-refractivity contribution in [2.24, 2.45) is 0 Å². The van der Waals surface area contributed by atoms with Crippen molar-refractivity contribution in [3.8, 4) is 0 Å². The van der Waals surface area contributed by atoms with E-state index in [1.54, 1.807) is 0 Å². The Morgan fingerprint density at radius 1 is 1.05 bits per heavy atom. The van der Waals surface area contributed by atoms with Crippen LogP contribution in [-0.4, -0.2) is 49.1 Å². The van der Waals surface area contributed by atoms with Gasteiger partial charge in [-0.15, -0.1) is 0 Å². The molecule has 1 saturated heterocycles. The van der Waals surface area contributed by atoms with Gasteiger partial charge in [0.25, 0.3) is 0 Å². The number of urea groups is 1. The van der Waals surface area contributed by atoms with E-state index in [4.69, 9.17) is 0 Å². The second-order valence-electron chi connectivity index (χ2n) is 5.50. The van der Waals surface area contributed by atoms with Gasteiger partial charge in [-0.1, -0.05) is 19.3 Å². The molecular formula is C12H23N3O4S. The number of amides is 2. The fourth-order valence-electron chi connectivity index (χ4n) is 2.76.